The largest absolute Gasteiger partial charge is 0.469 e. The second kappa shape index (κ2) is 5.84. The van der Waals surface area contributed by atoms with Crippen molar-refractivity contribution in [1.82, 2.24) is 5.32 Å². The number of aryl methyl sites for hydroxylation is 1. The second-order valence-corrected chi connectivity index (χ2v) is 4.02. The highest BCUT2D eigenvalue weighted by atomic mass is 16.3. The number of amides is 1. The molecule has 0 saturated carbocycles. The summed E-state index contributed by atoms with van der Waals surface area (Å²) in [5.74, 6) is 0.268. The van der Waals surface area contributed by atoms with E-state index in [0.717, 1.165) is 0 Å². The van der Waals surface area contributed by atoms with Crippen LogP contribution < -0.4 is 5.32 Å². The Bertz CT molecular complexity index is 360. The molecule has 1 aromatic heterocycles. The normalized spacial score (nSPS) is 11.5. The molecular formula is C12H19NO4. The minimum atomic E-state index is -0.973. The Morgan fingerprint density at radius 2 is 2.06 bits per heavy atom. The van der Waals surface area contributed by atoms with Gasteiger partial charge in [-0.2, -0.15) is 0 Å². The predicted molar refractivity (Wildman–Crippen MR) is 62.7 cm³/mol. The summed E-state index contributed by atoms with van der Waals surface area (Å²) in [7, 11) is 0. The average molecular weight is 241 g/mol. The SMILES string of the molecule is CCc1occc1C(=O)NC(CC)(CO)CO. The highest BCUT2D eigenvalue weighted by molar-refractivity contribution is 5.95. The van der Waals surface area contributed by atoms with Crippen LogP contribution in [0.5, 0.6) is 0 Å². The Morgan fingerprint density at radius 3 is 2.53 bits per heavy atom. The lowest BCUT2D eigenvalue weighted by Gasteiger charge is -2.29. The number of hydrogen-bond acceptors (Lipinski definition) is 4. The molecule has 96 valence electrons. The minimum absolute atomic E-state index is 0.301. The zero-order chi connectivity index (χ0) is 12.9. The van der Waals surface area contributed by atoms with Gasteiger partial charge in [0, 0.05) is 6.42 Å². The summed E-state index contributed by atoms with van der Waals surface area (Å²) >= 11 is 0. The lowest BCUT2D eigenvalue weighted by atomic mass is 9.98. The van der Waals surface area contributed by atoms with Gasteiger partial charge >= 0.3 is 0 Å². The molecule has 0 unspecified atom stereocenters. The van der Waals surface area contributed by atoms with Crippen molar-refractivity contribution in [3.63, 3.8) is 0 Å². The van der Waals surface area contributed by atoms with Crippen LogP contribution in [0, 0.1) is 0 Å². The number of carbonyl (C=O) groups excluding carboxylic acids is 1. The zero-order valence-corrected chi connectivity index (χ0v) is 10.2. The minimum Gasteiger partial charge on any atom is -0.469 e. The van der Waals surface area contributed by atoms with E-state index in [2.05, 4.69) is 5.32 Å². The summed E-state index contributed by atoms with van der Waals surface area (Å²) in [4.78, 5) is 12.0. The van der Waals surface area contributed by atoms with Gasteiger partial charge in [-0.15, -0.1) is 0 Å². The third-order valence-corrected chi connectivity index (χ3v) is 2.97. The van der Waals surface area contributed by atoms with E-state index in [1.807, 2.05) is 6.92 Å². The molecule has 0 saturated heterocycles. The Labute approximate surface area is 100 Å². The highest BCUT2D eigenvalue weighted by Crippen LogP contribution is 2.14. The molecule has 0 fully saturated rings. The van der Waals surface area contributed by atoms with Crippen LogP contribution >= 0.6 is 0 Å². The first kappa shape index (κ1) is 13.7. The summed E-state index contributed by atoms with van der Waals surface area (Å²) in [6.45, 7) is 3.08. The van der Waals surface area contributed by atoms with Crippen LogP contribution in [-0.4, -0.2) is 34.9 Å². The lowest BCUT2D eigenvalue weighted by Crippen LogP contribution is -2.53. The molecule has 1 rings (SSSR count). The van der Waals surface area contributed by atoms with Crippen molar-refractivity contribution in [2.75, 3.05) is 13.2 Å². The Hall–Kier alpha value is -1.33. The van der Waals surface area contributed by atoms with Crippen molar-refractivity contribution in [2.45, 2.75) is 32.2 Å². The van der Waals surface area contributed by atoms with Crippen molar-refractivity contribution in [2.24, 2.45) is 0 Å². The Morgan fingerprint density at radius 1 is 1.41 bits per heavy atom. The van der Waals surface area contributed by atoms with Gasteiger partial charge in [0.1, 0.15) is 5.76 Å². The average Bonchev–Trinajstić information content (AvgIpc) is 2.84. The summed E-state index contributed by atoms with van der Waals surface area (Å²) in [5, 5.41) is 21.2. The van der Waals surface area contributed by atoms with Gasteiger partial charge in [-0.3, -0.25) is 4.79 Å². The standard InChI is InChI=1S/C12H19NO4/c1-3-10-9(5-6-17-10)11(16)13-12(4-2,7-14)8-15/h5-6,14-15H,3-4,7-8H2,1-2H3,(H,13,16). The molecule has 17 heavy (non-hydrogen) atoms. The summed E-state index contributed by atoms with van der Waals surface area (Å²) in [6.07, 6.45) is 2.53. The molecule has 3 N–H and O–H groups in total. The van der Waals surface area contributed by atoms with Gasteiger partial charge < -0.3 is 19.9 Å². The first-order valence-corrected chi connectivity index (χ1v) is 5.73. The van der Waals surface area contributed by atoms with Gasteiger partial charge in [0.05, 0.1) is 30.6 Å². The van der Waals surface area contributed by atoms with E-state index in [1.54, 1.807) is 13.0 Å². The van der Waals surface area contributed by atoms with E-state index < -0.39 is 5.54 Å². The van der Waals surface area contributed by atoms with Gasteiger partial charge in [0.15, 0.2) is 0 Å². The van der Waals surface area contributed by atoms with Crippen LogP contribution in [-0.2, 0) is 6.42 Å². The fourth-order valence-corrected chi connectivity index (χ4v) is 1.57. The van der Waals surface area contributed by atoms with Gasteiger partial charge in [0.25, 0.3) is 5.91 Å². The first-order valence-electron chi connectivity index (χ1n) is 5.73. The first-order chi connectivity index (χ1) is 8.12. The third kappa shape index (κ3) is 2.87. The smallest absolute Gasteiger partial charge is 0.255 e. The molecule has 0 spiro atoms. The summed E-state index contributed by atoms with van der Waals surface area (Å²) in [5.41, 5.74) is -0.522. The van der Waals surface area contributed by atoms with Crippen LogP contribution in [0.25, 0.3) is 0 Å². The van der Waals surface area contributed by atoms with Crippen molar-refractivity contribution in [1.29, 1.82) is 0 Å². The van der Waals surface area contributed by atoms with Crippen molar-refractivity contribution >= 4 is 5.91 Å². The van der Waals surface area contributed by atoms with E-state index in [1.165, 1.54) is 6.26 Å². The molecule has 1 aromatic rings. The fraction of sp³-hybridized carbons (Fsp3) is 0.583. The van der Waals surface area contributed by atoms with Gasteiger partial charge in [-0.05, 0) is 12.5 Å². The van der Waals surface area contributed by atoms with Crippen LogP contribution in [0.1, 0.15) is 36.4 Å². The number of aliphatic hydroxyl groups is 2. The summed E-state index contributed by atoms with van der Waals surface area (Å²) < 4.78 is 5.16. The fourth-order valence-electron chi connectivity index (χ4n) is 1.57. The highest BCUT2D eigenvalue weighted by Gasteiger charge is 2.29. The van der Waals surface area contributed by atoms with Crippen LogP contribution in [0.15, 0.2) is 16.7 Å². The Kier molecular flexibility index (Phi) is 4.72. The molecule has 0 atom stereocenters. The van der Waals surface area contributed by atoms with E-state index >= 15 is 0 Å². The molecule has 0 aliphatic carbocycles. The van der Waals surface area contributed by atoms with Crippen LogP contribution in [0.4, 0.5) is 0 Å². The van der Waals surface area contributed by atoms with E-state index in [-0.39, 0.29) is 19.1 Å². The van der Waals surface area contributed by atoms with Crippen molar-refractivity contribution in [3.05, 3.63) is 23.7 Å². The molecule has 0 aliphatic heterocycles. The molecule has 0 radical (unpaired) electrons. The topological polar surface area (TPSA) is 82.7 Å². The second-order valence-electron chi connectivity index (χ2n) is 4.02. The van der Waals surface area contributed by atoms with E-state index in [9.17, 15) is 15.0 Å². The van der Waals surface area contributed by atoms with Crippen molar-refractivity contribution < 1.29 is 19.4 Å². The number of aliphatic hydroxyl groups excluding tert-OH is 2. The van der Waals surface area contributed by atoms with Crippen molar-refractivity contribution in [3.8, 4) is 0 Å². The molecular weight excluding hydrogens is 222 g/mol. The number of hydrogen-bond donors (Lipinski definition) is 3. The number of nitrogens with one attached hydrogen (secondary N) is 1. The summed E-state index contributed by atoms with van der Waals surface area (Å²) in [6, 6.07) is 1.59. The molecule has 5 heteroatoms. The zero-order valence-electron chi connectivity index (χ0n) is 10.2. The molecule has 1 heterocycles. The van der Waals surface area contributed by atoms with Gasteiger partial charge in [-0.25, -0.2) is 0 Å². The molecule has 0 bridgehead atoms. The maximum Gasteiger partial charge on any atom is 0.255 e. The lowest BCUT2D eigenvalue weighted by molar-refractivity contribution is 0.0651. The van der Waals surface area contributed by atoms with E-state index in [0.29, 0.717) is 24.2 Å². The predicted octanol–water partition coefficient (Wildman–Crippen LogP) is 0.705. The van der Waals surface area contributed by atoms with Gasteiger partial charge in [0.2, 0.25) is 0 Å². The number of furan rings is 1. The third-order valence-electron chi connectivity index (χ3n) is 2.97. The maximum absolute atomic E-state index is 12.0. The number of rotatable bonds is 6. The number of carbonyl (C=O) groups is 1. The molecule has 0 aromatic carbocycles. The van der Waals surface area contributed by atoms with Gasteiger partial charge in [-0.1, -0.05) is 13.8 Å². The Balaban J connectivity index is 2.84. The maximum atomic E-state index is 12.0. The monoisotopic (exact) mass is 241 g/mol. The van der Waals surface area contributed by atoms with E-state index in [4.69, 9.17) is 4.42 Å². The van der Waals surface area contributed by atoms with Crippen LogP contribution in [0.2, 0.25) is 0 Å². The van der Waals surface area contributed by atoms with Crippen LogP contribution in [0.3, 0.4) is 0 Å². The molecule has 5 nitrogen and oxygen atoms in total. The molecule has 1 amide bonds. The molecule has 0 aliphatic rings. The quantitative estimate of drug-likeness (QED) is 0.685.